The molecule has 0 N–H and O–H groups in total. The Bertz CT molecular complexity index is 266. The van der Waals surface area contributed by atoms with Gasteiger partial charge in [0.25, 0.3) is 0 Å². The maximum absolute atomic E-state index is 2.38. The molecule has 1 saturated heterocycles. The van der Waals surface area contributed by atoms with Gasteiger partial charge >= 0.3 is 0 Å². The maximum atomic E-state index is 2.38. The van der Waals surface area contributed by atoms with Gasteiger partial charge < -0.3 is 0 Å². The van der Waals surface area contributed by atoms with Crippen LogP contribution in [0.4, 0.5) is 0 Å². The summed E-state index contributed by atoms with van der Waals surface area (Å²) in [6.45, 7) is 4.65. The van der Waals surface area contributed by atoms with Crippen LogP contribution in [0.5, 0.6) is 0 Å². The molecule has 2 aliphatic rings. The summed E-state index contributed by atoms with van der Waals surface area (Å²) in [6, 6.07) is 0. The number of hydrogen-bond acceptors (Lipinski definition) is 2. The Morgan fingerprint density at radius 3 is 2.50 bits per heavy atom. The van der Waals surface area contributed by atoms with Crippen LogP contribution in [0.25, 0.3) is 0 Å². The highest BCUT2D eigenvalue weighted by molar-refractivity contribution is 8.22. The molecule has 2 rings (SSSR count). The molecule has 0 aromatic heterocycles. The zero-order valence-electron chi connectivity index (χ0n) is 9.01. The topological polar surface area (TPSA) is 0 Å². The van der Waals surface area contributed by atoms with Crippen LogP contribution in [0.15, 0.2) is 22.0 Å². The van der Waals surface area contributed by atoms with E-state index in [0.29, 0.717) is 5.41 Å². The van der Waals surface area contributed by atoms with Gasteiger partial charge in [-0.1, -0.05) is 26.0 Å². The van der Waals surface area contributed by atoms with E-state index in [2.05, 4.69) is 49.5 Å². The predicted octanol–water partition coefficient (Wildman–Crippen LogP) is 4.44. The lowest BCUT2D eigenvalue weighted by Gasteiger charge is -2.27. The summed E-state index contributed by atoms with van der Waals surface area (Å²) in [5.41, 5.74) is 2.02. The monoisotopic (exact) mass is 226 g/mol. The van der Waals surface area contributed by atoms with E-state index in [0.717, 1.165) is 0 Å². The molecule has 0 spiro atoms. The molecule has 0 amide bonds. The summed E-state index contributed by atoms with van der Waals surface area (Å²) in [5, 5.41) is 0. The van der Waals surface area contributed by atoms with Gasteiger partial charge in [-0.15, -0.1) is 23.5 Å². The van der Waals surface area contributed by atoms with Crippen molar-refractivity contribution < 1.29 is 0 Å². The second-order valence-electron chi connectivity index (χ2n) is 4.69. The van der Waals surface area contributed by atoms with E-state index in [1.807, 2.05) is 0 Å². The van der Waals surface area contributed by atoms with Crippen molar-refractivity contribution in [1.82, 2.24) is 0 Å². The highest BCUT2D eigenvalue weighted by atomic mass is 32.2. The van der Waals surface area contributed by atoms with E-state index < -0.39 is 0 Å². The van der Waals surface area contributed by atoms with Crippen molar-refractivity contribution in [1.29, 1.82) is 0 Å². The van der Waals surface area contributed by atoms with Crippen LogP contribution in [-0.4, -0.2) is 11.5 Å². The Morgan fingerprint density at radius 2 is 1.93 bits per heavy atom. The lowest BCUT2D eigenvalue weighted by molar-refractivity contribution is 0.428. The first-order valence-corrected chi connectivity index (χ1v) is 7.32. The molecule has 1 fully saturated rings. The van der Waals surface area contributed by atoms with Gasteiger partial charge in [-0.3, -0.25) is 0 Å². The summed E-state index contributed by atoms with van der Waals surface area (Å²) in [5.74, 6) is 2.64. The maximum Gasteiger partial charge on any atom is 0.0433 e. The highest BCUT2D eigenvalue weighted by Crippen LogP contribution is 2.42. The molecule has 78 valence electrons. The van der Waals surface area contributed by atoms with E-state index >= 15 is 0 Å². The minimum absolute atomic E-state index is 0.425. The van der Waals surface area contributed by atoms with Gasteiger partial charge in [0.05, 0.1) is 0 Å². The fourth-order valence-electron chi connectivity index (χ4n) is 1.74. The molecule has 2 heteroatoms. The van der Waals surface area contributed by atoms with E-state index in [1.165, 1.54) is 30.8 Å². The summed E-state index contributed by atoms with van der Waals surface area (Å²) >= 11 is 4.12. The summed E-state index contributed by atoms with van der Waals surface area (Å²) in [4.78, 5) is 0. The van der Waals surface area contributed by atoms with Crippen LogP contribution in [0.1, 0.15) is 33.1 Å². The SMILES string of the molecule is CC1(C)C=CC(=C2SCCCS2)CC1. The minimum Gasteiger partial charge on any atom is -0.119 e. The van der Waals surface area contributed by atoms with Crippen LogP contribution >= 0.6 is 23.5 Å². The normalized spacial score (nSPS) is 26.7. The van der Waals surface area contributed by atoms with Gasteiger partial charge in [0.1, 0.15) is 0 Å². The van der Waals surface area contributed by atoms with Crippen molar-refractivity contribution in [3.8, 4) is 0 Å². The predicted molar refractivity (Wildman–Crippen MR) is 68.7 cm³/mol. The molecule has 0 aromatic rings. The molecule has 0 saturated carbocycles. The minimum atomic E-state index is 0.425. The van der Waals surface area contributed by atoms with Crippen molar-refractivity contribution in [2.45, 2.75) is 33.1 Å². The third kappa shape index (κ3) is 2.60. The van der Waals surface area contributed by atoms with Crippen LogP contribution < -0.4 is 0 Å². The summed E-state index contributed by atoms with van der Waals surface area (Å²) in [7, 11) is 0. The molecule has 0 atom stereocenters. The molecular formula is C12H18S2. The molecule has 14 heavy (non-hydrogen) atoms. The number of rotatable bonds is 0. The third-order valence-corrected chi connectivity index (χ3v) is 5.53. The van der Waals surface area contributed by atoms with Crippen LogP contribution in [0, 0.1) is 5.41 Å². The van der Waals surface area contributed by atoms with Gasteiger partial charge in [-0.05, 0) is 41.8 Å². The Kier molecular flexibility index (Phi) is 3.33. The Hall–Kier alpha value is 0.180. The lowest BCUT2D eigenvalue weighted by atomic mass is 9.82. The molecular weight excluding hydrogens is 208 g/mol. The smallest absolute Gasteiger partial charge is 0.0433 e. The van der Waals surface area contributed by atoms with Gasteiger partial charge in [0.15, 0.2) is 0 Å². The largest absolute Gasteiger partial charge is 0.119 e. The third-order valence-electron chi connectivity index (χ3n) is 2.79. The molecule has 0 radical (unpaired) electrons. The van der Waals surface area contributed by atoms with Crippen LogP contribution in [0.2, 0.25) is 0 Å². The fourth-order valence-corrected chi connectivity index (χ4v) is 4.41. The number of allylic oxidation sites excluding steroid dienone is 3. The summed E-state index contributed by atoms with van der Waals surface area (Å²) in [6.07, 6.45) is 8.71. The van der Waals surface area contributed by atoms with E-state index in [-0.39, 0.29) is 0 Å². The summed E-state index contributed by atoms with van der Waals surface area (Å²) < 4.78 is 1.60. The van der Waals surface area contributed by atoms with Crippen molar-refractivity contribution in [2.75, 3.05) is 11.5 Å². The van der Waals surface area contributed by atoms with Crippen LogP contribution in [0.3, 0.4) is 0 Å². The molecule has 0 bridgehead atoms. The van der Waals surface area contributed by atoms with E-state index in [4.69, 9.17) is 0 Å². The number of hydrogen-bond donors (Lipinski definition) is 0. The first kappa shape index (κ1) is 10.7. The Labute approximate surface area is 95.6 Å². The molecule has 1 heterocycles. The van der Waals surface area contributed by atoms with Crippen molar-refractivity contribution in [3.05, 3.63) is 22.0 Å². The van der Waals surface area contributed by atoms with Crippen molar-refractivity contribution >= 4 is 23.5 Å². The van der Waals surface area contributed by atoms with Crippen molar-refractivity contribution in [2.24, 2.45) is 5.41 Å². The van der Waals surface area contributed by atoms with E-state index in [9.17, 15) is 0 Å². The average Bonchev–Trinajstić information content (AvgIpc) is 2.19. The molecule has 0 nitrogen and oxygen atoms in total. The number of thioether (sulfide) groups is 2. The first-order chi connectivity index (χ1) is 6.67. The molecule has 0 aromatic carbocycles. The molecule has 1 aliphatic heterocycles. The lowest BCUT2D eigenvalue weighted by Crippen LogP contribution is -2.12. The van der Waals surface area contributed by atoms with Crippen molar-refractivity contribution in [3.63, 3.8) is 0 Å². The molecule has 0 unspecified atom stereocenters. The second-order valence-corrected chi connectivity index (χ2v) is 7.15. The zero-order valence-corrected chi connectivity index (χ0v) is 10.6. The Morgan fingerprint density at radius 1 is 1.21 bits per heavy atom. The van der Waals surface area contributed by atoms with E-state index in [1.54, 1.807) is 9.81 Å². The zero-order chi connectivity index (χ0) is 10.0. The van der Waals surface area contributed by atoms with Gasteiger partial charge in [0.2, 0.25) is 0 Å². The quantitative estimate of drug-likeness (QED) is 0.599. The first-order valence-electron chi connectivity index (χ1n) is 5.35. The van der Waals surface area contributed by atoms with Gasteiger partial charge in [-0.2, -0.15) is 0 Å². The fraction of sp³-hybridized carbons (Fsp3) is 0.667. The van der Waals surface area contributed by atoms with Crippen LogP contribution in [-0.2, 0) is 0 Å². The molecule has 1 aliphatic carbocycles. The second kappa shape index (κ2) is 4.36. The van der Waals surface area contributed by atoms with Gasteiger partial charge in [0, 0.05) is 4.24 Å². The Balaban J connectivity index is 2.12. The standard InChI is InChI=1S/C12H18S2/c1-12(2)6-4-10(5-7-12)11-13-8-3-9-14-11/h4,6H,3,5,7-9H2,1-2H3. The average molecular weight is 226 g/mol. The van der Waals surface area contributed by atoms with Gasteiger partial charge in [-0.25, -0.2) is 0 Å². The highest BCUT2D eigenvalue weighted by Gasteiger charge is 2.21.